The summed E-state index contributed by atoms with van der Waals surface area (Å²) in [7, 11) is 0. The Labute approximate surface area is 84.1 Å². The first-order valence-electron chi connectivity index (χ1n) is 6.03. The van der Waals surface area contributed by atoms with Crippen molar-refractivity contribution in [2.75, 3.05) is 0 Å². The predicted octanol–water partition coefficient (Wildman–Crippen LogP) is 4.49. The second-order valence-corrected chi connectivity index (χ2v) is 5.62. The van der Waals surface area contributed by atoms with Crippen molar-refractivity contribution in [3.05, 3.63) is 0 Å². The Morgan fingerprint density at radius 2 is 1.92 bits per heavy atom. The minimum absolute atomic E-state index is 0.648. The van der Waals surface area contributed by atoms with E-state index in [2.05, 4.69) is 34.6 Å². The Morgan fingerprint density at radius 3 is 2.23 bits per heavy atom. The summed E-state index contributed by atoms with van der Waals surface area (Å²) in [6.45, 7) is 11.9. The Bertz CT molecular complexity index is 159. The van der Waals surface area contributed by atoms with E-state index in [1.54, 1.807) is 0 Å². The molecule has 0 aromatic heterocycles. The van der Waals surface area contributed by atoms with Crippen molar-refractivity contribution in [2.45, 2.75) is 60.3 Å². The van der Waals surface area contributed by atoms with Crippen LogP contribution in [0.1, 0.15) is 60.3 Å². The molecule has 0 N–H and O–H groups in total. The van der Waals surface area contributed by atoms with Crippen LogP contribution in [0.4, 0.5) is 0 Å². The number of rotatable bonds is 5. The van der Waals surface area contributed by atoms with E-state index in [1.807, 2.05) is 0 Å². The summed E-state index contributed by atoms with van der Waals surface area (Å²) in [4.78, 5) is 0. The zero-order valence-electron chi connectivity index (χ0n) is 10.1. The molecule has 0 aromatic carbocycles. The number of hydrogen-bond acceptors (Lipinski definition) is 0. The van der Waals surface area contributed by atoms with E-state index in [9.17, 15) is 0 Å². The van der Waals surface area contributed by atoms with Gasteiger partial charge in [0.15, 0.2) is 0 Å². The Kier molecular flexibility index (Phi) is 3.43. The first kappa shape index (κ1) is 11.1. The lowest BCUT2D eigenvalue weighted by Gasteiger charge is -2.31. The molecule has 0 saturated heterocycles. The first-order chi connectivity index (χ1) is 6.03. The fraction of sp³-hybridized carbons (Fsp3) is 1.00. The van der Waals surface area contributed by atoms with Gasteiger partial charge in [-0.3, -0.25) is 0 Å². The van der Waals surface area contributed by atoms with E-state index < -0.39 is 0 Å². The average molecular weight is 182 g/mol. The third-order valence-electron chi connectivity index (χ3n) is 4.02. The maximum absolute atomic E-state index is 2.51. The van der Waals surface area contributed by atoms with Crippen LogP contribution in [-0.4, -0.2) is 0 Å². The topological polar surface area (TPSA) is 0 Å². The molecule has 13 heavy (non-hydrogen) atoms. The van der Waals surface area contributed by atoms with E-state index in [0.717, 1.165) is 17.8 Å². The number of hydrogen-bond donors (Lipinski definition) is 0. The highest BCUT2D eigenvalue weighted by atomic mass is 14.5. The quantitative estimate of drug-likeness (QED) is 0.587. The SMILES string of the molecule is CCC1CC1C(C)(CC)CC(C)C. The van der Waals surface area contributed by atoms with Crippen molar-refractivity contribution in [3.8, 4) is 0 Å². The van der Waals surface area contributed by atoms with Gasteiger partial charge in [0.05, 0.1) is 0 Å². The van der Waals surface area contributed by atoms with Gasteiger partial charge in [-0.05, 0) is 36.0 Å². The van der Waals surface area contributed by atoms with E-state index in [1.165, 1.54) is 25.7 Å². The molecule has 0 aromatic rings. The van der Waals surface area contributed by atoms with Crippen molar-refractivity contribution in [3.63, 3.8) is 0 Å². The maximum Gasteiger partial charge on any atom is -0.0295 e. The molecule has 1 aliphatic carbocycles. The van der Waals surface area contributed by atoms with Gasteiger partial charge in [-0.2, -0.15) is 0 Å². The summed E-state index contributed by atoms with van der Waals surface area (Å²) in [6, 6.07) is 0. The van der Waals surface area contributed by atoms with Crippen LogP contribution in [0, 0.1) is 23.2 Å². The van der Waals surface area contributed by atoms with Crippen molar-refractivity contribution in [1.82, 2.24) is 0 Å². The zero-order chi connectivity index (χ0) is 10.1. The standard InChI is InChI=1S/C13H26/c1-6-11-8-12(11)13(5,7-2)9-10(3)4/h10-12H,6-9H2,1-5H3. The molecular weight excluding hydrogens is 156 g/mol. The van der Waals surface area contributed by atoms with Crippen LogP contribution in [0.25, 0.3) is 0 Å². The highest BCUT2D eigenvalue weighted by molar-refractivity contribution is 4.97. The fourth-order valence-corrected chi connectivity index (χ4v) is 3.04. The van der Waals surface area contributed by atoms with Crippen LogP contribution in [0.3, 0.4) is 0 Å². The molecule has 0 bridgehead atoms. The molecule has 1 fully saturated rings. The molecule has 0 nitrogen and oxygen atoms in total. The molecule has 3 atom stereocenters. The third kappa shape index (κ3) is 2.48. The summed E-state index contributed by atoms with van der Waals surface area (Å²) in [5.74, 6) is 2.97. The first-order valence-corrected chi connectivity index (χ1v) is 6.03. The summed E-state index contributed by atoms with van der Waals surface area (Å²) in [5.41, 5.74) is 0.648. The minimum atomic E-state index is 0.648. The van der Waals surface area contributed by atoms with Gasteiger partial charge in [0.1, 0.15) is 0 Å². The lowest BCUT2D eigenvalue weighted by molar-refractivity contribution is 0.194. The minimum Gasteiger partial charge on any atom is -0.0651 e. The predicted molar refractivity (Wildman–Crippen MR) is 59.7 cm³/mol. The van der Waals surface area contributed by atoms with Crippen LogP contribution in [0.2, 0.25) is 0 Å². The second-order valence-electron chi connectivity index (χ2n) is 5.62. The van der Waals surface area contributed by atoms with Gasteiger partial charge < -0.3 is 0 Å². The zero-order valence-corrected chi connectivity index (χ0v) is 10.1. The van der Waals surface area contributed by atoms with Crippen molar-refractivity contribution in [2.24, 2.45) is 23.2 Å². The Balaban J connectivity index is 2.50. The lowest BCUT2D eigenvalue weighted by atomic mass is 9.74. The van der Waals surface area contributed by atoms with Gasteiger partial charge in [-0.25, -0.2) is 0 Å². The van der Waals surface area contributed by atoms with Gasteiger partial charge >= 0.3 is 0 Å². The molecule has 1 saturated carbocycles. The van der Waals surface area contributed by atoms with E-state index in [4.69, 9.17) is 0 Å². The molecule has 78 valence electrons. The maximum atomic E-state index is 2.51. The molecule has 0 radical (unpaired) electrons. The van der Waals surface area contributed by atoms with Crippen LogP contribution < -0.4 is 0 Å². The normalized spacial score (nSPS) is 31.8. The third-order valence-corrected chi connectivity index (χ3v) is 4.02. The molecule has 1 rings (SSSR count). The monoisotopic (exact) mass is 182 g/mol. The molecule has 3 unspecified atom stereocenters. The van der Waals surface area contributed by atoms with Crippen molar-refractivity contribution < 1.29 is 0 Å². The molecule has 0 heterocycles. The summed E-state index contributed by atoms with van der Waals surface area (Å²) in [5, 5.41) is 0. The Morgan fingerprint density at radius 1 is 1.31 bits per heavy atom. The van der Waals surface area contributed by atoms with Gasteiger partial charge in [0.25, 0.3) is 0 Å². The van der Waals surface area contributed by atoms with Crippen LogP contribution in [0.15, 0.2) is 0 Å². The molecule has 0 heteroatoms. The van der Waals surface area contributed by atoms with Crippen molar-refractivity contribution in [1.29, 1.82) is 0 Å². The van der Waals surface area contributed by atoms with Gasteiger partial charge in [0, 0.05) is 0 Å². The summed E-state index contributed by atoms with van der Waals surface area (Å²) in [6.07, 6.45) is 5.70. The molecule has 0 amide bonds. The van der Waals surface area contributed by atoms with Gasteiger partial charge in [-0.1, -0.05) is 47.5 Å². The van der Waals surface area contributed by atoms with Gasteiger partial charge in [0.2, 0.25) is 0 Å². The second kappa shape index (κ2) is 4.02. The Hall–Kier alpha value is 0. The summed E-state index contributed by atoms with van der Waals surface area (Å²) >= 11 is 0. The molecule has 1 aliphatic rings. The summed E-state index contributed by atoms with van der Waals surface area (Å²) < 4.78 is 0. The fourth-order valence-electron chi connectivity index (χ4n) is 3.04. The highest BCUT2D eigenvalue weighted by Gasteiger charge is 2.47. The smallest absolute Gasteiger partial charge is 0.0295 e. The highest BCUT2D eigenvalue weighted by Crippen LogP contribution is 2.56. The molecule has 0 aliphatic heterocycles. The largest absolute Gasteiger partial charge is 0.0651 e. The molecular formula is C13H26. The lowest BCUT2D eigenvalue weighted by Crippen LogP contribution is -2.21. The van der Waals surface area contributed by atoms with Crippen LogP contribution in [0.5, 0.6) is 0 Å². The van der Waals surface area contributed by atoms with Crippen molar-refractivity contribution >= 4 is 0 Å². The van der Waals surface area contributed by atoms with E-state index in [-0.39, 0.29) is 0 Å². The van der Waals surface area contributed by atoms with Crippen LogP contribution in [-0.2, 0) is 0 Å². The van der Waals surface area contributed by atoms with E-state index >= 15 is 0 Å². The average Bonchev–Trinajstić information content (AvgIpc) is 2.82. The van der Waals surface area contributed by atoms with E-state index in [0.29, 0.717) is 5.41 Å². The molecule has 0 spiro atoms. The van der Waals surface area contributed by atoms with Crippen LogP contribution >= 0.6 is 0 Å². The van der Waals surface area contributed by atoms with Gasteiger partial charge in [-0.15, -0.1) is 0 Å².